The van der Waals surface area contributed by atoms with Crippen LogP contribution < -0.4 is 20.3 Å². The first-order valence-electron chi connectivity index (χ1n) is 7.32. The van der Waals surface area contributed by atoms with Crippen molar-refractivity contribution in [3.8, 4) is 5.75 Å². The number of nitrogens with zero attached hydrogens (tertiary/aromatic N) is 1. The van der Waals surface area contributed by atoms with E-state index in [1.54, 1.807) is 4.90 Å². The maximum Gasteiger partial charge on any atom is 0.414 e. The Bertz CT molecular complexity index is 590. The average molecular weight is 305 g/mol. The van der Waals surface area contributed by atoms with Gasteiger partial charge in [0.2, 0.25) is 5.91 Å². The molecule has 7 heteroatoms. The molecule has 1 atom stereocenters. The van der Waals surface area contributed by atoms with Gasteiger partial charge in [0.1, 0.15) is 18.5 Å². The SMILES string of the molecule is CC(=O)NCC1CN(c2ccc3c(c2)CNCCO3)C(=O)O1. The van der Waals surface area contributed by atoms with Crippen LogP contribution >= 0.6 is 0 Å². The zero-order valence-corrected chi connectivity index (χ0v) is 12.4. The van der Waals surface area contributed by atoms with Crippen LogP contribution in [0.1, 0.15) is 12.5 Å². The molecule has 3 rings (SSSR count). The van der Waals surface area contributed by atoms with E-state index >= 15 is 0 Å². The van der Waals surface area contributed by atoms with Gasteiger partial charge >= 0.3 is 6.09 Å². The molecule has 0 saturated carbocycles. The predicted octanol–water partition coefficient (Wildman–Crippen LogP) is 0.630. The molecule has 0 bridgehead atoms. The number of carbonyl (C=O) groups excluding carboxylic acids is 2. The zero-order chi connectivity index (χ0) is 15.5. The number of amides is 2. The van der Waals surface area contributed by atoms with E-state index in [4.69, 9.17) is 9.47 Å². The largest absolute Gasteiger partial charge is 0.492 e. The van der Waals surface area contributed by atoms with Crippen LogP contribution in [0.25, 0.3) is 0 Å². The summed E-state index contributed by atoms with van der Waals surface area (Å²) in [6.45, 7) is 4.33. The number of fused-ring (bicyclic) bond motifs is 1. The Hall–Kier alpha value is -2.28. The molecule has 1 aromatic carbocycles. The molecule has 1 fully saturated rings. The van der Waals surface area contributed by atoms with Crippen LogP contribution in [0.15, 0.2) is 18.2 Å². The number of benzene rings is 1. The molecule has 1 unspecified atom stereocenters. The Labute approximate surface area is 128 Å². The third kappa shape index (κ3) is 3.14. The normalized spacial score (nSPS) is 20.7. The molecule has 1 saturated heterocycles. The Kier molecular flexibility index (Phi) is 4.15. The molecule has 2 amide bonds. The molecule has 0 radical (unpaired) electrons. The second-order valence-electron chi connectivity index (χ2n) is 5.37. The smallest absolute Gasteiger partial charge is 0.414 e. The van der Waals surface area contributed by atoms with Gasteiger partial charge in [-0.05, 0) is 18.2 Å². The highest BCUT2D eigenvalue weighted by Gasteiger charge is 2.32. The molecule has 2 N–H and O–H groups in total. The van der Waals surface area contributed by atoms with Gasteiger partial charge in [-0.25, -0.2) is 4.79 Å². The van der Waals surface area contributed by atoms with Crippen molar-refractivity contribution in [2.75, 3.05) is 31.1 Å². The Balaban J connectivity index is 1.72. The zero-order valence-electron chi connectivity index (χ0n) is 12.4. The molecule has 1 aromatic rings. The van der Waals surface area contributed by atoms with E-state index in [9.17, 15) is 9.59 Å². The maximum absolute atomic E-state index is 12.0. The van der Waals surface area contributed by atoms with E-state index in [1.807, 2.05) is 18.2 Å². The van der Waals surface area contributed by atoms with Gasteiger partial charge in [-0.3, -0.25) is 9.69 Å². The summed E-state index contributed by atoms with van der Waals surface area (Å²) >= 11 is 0. The molecular weight excluding hydrogens is 286 g/mol. The summed E-state index contributed by atoms with van der Waals surface area (Å²) in [5, 5.41) is 5.93. The van der Waals surface area contributed by atoms with E-state index in [0.717, 1.165) is 23.5 Å². The van der Waals surface area contributed by atoms with Crippen molar-refractivity contribution in [2.24, 2.45) is 0 Å². The minimum Gasteiger partial charge on any atom is -0.492 e. The minimum absolute atomic E-state index is 0.136. The number of anilines is 1. The second kappa shape index (κ2) is 6.23. The van der Waals surface area contributed by atoms with Crippen LogP contribution in [0, 0.1) is 0 Å². The highest BCUT2D eigenvalue weighted by molar-refractivity contribution is 5.90. The van der Waals surface area contributed by atoms with Gasteiger partial charge in [0.05, 0.1) is 13.1 Å². The number of rotatable bonds is 3. The second-order valence-corrected chi connectivity index (χ2v) is 5.37. The molecule has 2 heterocycles. The van der Waals surface area contributed by atoms with Crippen molar-refractivity contribution >= 4 is 17.7 Å². The number of nitrogens with one attached hydrogen (secondary N) is 2. The van der Waals surface area contributed by atoms with Crippen LogP contribution in [0.2, 0.25) is 0 Å². The quantitative estimate of drug-likeness (QED) is 0.856. The molecule has 0 spiro atoms. The van der Waals surface area contributed by atoms with Crippen molar-refractivity contribution in [2.45, 2.75) is 19.6 Å². The first-order valence-corrected chi connectivity index (χ1v) is 7.32. The Morgan fingerprint density at radius 2 is 2.36 bits per heavy atom. The fourth-order valence-corrected chi connectivity index (χ4v) is 2.57. The lowest BCUT2D eigenvalue weighted by molar-refractivity contribution is -0.119. The number of hydrogen-bond donors (Lipinski definition) is 2. The van der Waals surface area contributed by atoms with E-state index in [0.29, 0.717) is 26.2 Å². The highest BCUT2D eigenvalue weighted by Crippen LogP contribution is 2.28. The minimum atomic E-state index is -0.391. The molecule has 2 aliphatic rings. The standard InChI is InChI=1S/C15H19N3O4/c1-10(19)17-8-13-9-18(15(20)22-13)12-2-3-14-11(6-12)7-16-4-5-21-14/h2-3,6,13,16H,4-5,7-9H2,1H3,(H,17,19). The molecule has 2 aliphatic heterocycles. The molecule has 118 valence electrons. The van der Waals surface area contributed by atoms with Gasteiger partial charge in [-0.1, -0.05) is 0 Å². The predicted molar refractivity (Wildman–Crippen MR) is 79.9 cm³/mol. The van der Waals surface area contributed by atoms with Gasteiger partial charge in [-0.15, -0.1) is 0 Å². The average Bonchev–Trinajstić information content (AvgIpc) is 2.71. The topological polar surface area (TPSA) is 79.9 Å². The van der Waals surface area contributed by atoms with E-state index in [2.05, 4.69) is 10.6 Å². The first-order chi connectivity index (χ1) is 10.6. The summed E-state index contributed by atoms with van der Waals surface area (Å²) in [5.74, 6) is 0.707. The number of carbonyl (C=O) groups is 2. The summed E-state index contributed by atoms with van der Waals surface area (Å²) < 4.78 is 10.9. The van der Waals surface area contributed by atoms with E-state index in [1.165, 1.54) is 6.92 Å². The summed E-state index contributed by atoms with van der Waals surface area (Å²) in [6.07, 6.45) is -0.720. The fourth-order valence-electron chi connectivity index (χ4n) is 2.57. The summed E-state index contributed by atoms with van der Waals surface area (Å²) in [6, 6.07) is 5.67. The molecule has 22 heavy (non-hydrogen) atoms. The third-order valence-electron chi connectivity index (χ3n) is 3.66. The molecule has 0 aromatic heterocycles. The van der Waals surface area contributed by atoms with Gasteiger partial charge < -0.3 is 20.1 Å². The van der Waals surface area contributed by atoms with Crippen LogP contribution in [0.3, 0.4) is 0 Å². The van der Waals surface area contributed by atoms with Crippen molar-refractivity contribution in [1.29, 1.82) is 0 Å². The number of cyclic esters (lactones) is 1. The van der Waals surface area contributed by atoms with Crippen LogP contribution in [0.5, 0.6) is 5.75 Å². The summed E-state index contributed by atoms with van der Waals surface area (Å²) in [7, 11) is 0. The molecular formula is C15H19N3O4. The van der Waals surface area contributed by atoms with Crippen molar-refractivity contribution in [1.82, 2.24) is 10.6 Å². The first kappa shape index (κ1) is 14.6. The Morgan fingerprint density at radius 1 is 1.50 bits per heavy atom. The molecule has 0 aliphatic carbocycles. The number of ether oxygens (including phenoxy) is 2. The lowest BCUT2D eigenvalue weighted by atomic mass is 10.1. The lowest BCUT2D eigenvalue weighted by Crippen LogP contribution is -2.33. The summed E-state index contributed by atoms with van der Waals surface area (Å²) in [5.41, 5.74) is 1.80. The van der Waals surface area contributed by atoms with E-state index in [-0.39, 0.29) is 12.0 Å². The van der Waals surface area contributed by atoms with E-state index < -0.39 is 6.09 Å². The van der Waals surface area contributed by atoms with Crippen molar-refractivity contribution < 1.29 is 19.1 Å². The van der Waals surface area contributed by atoms with Crippen LogP contribution in [-0.2, 0) is 16.1 Å². The van der Waals surface area contributed by atoms with Gasteiger partial charge in [0.25, 0.3) is 0 Å². The van der Waals surface area contributed by atoms with Crippen molar-refractivity contribution in [3.05, 3.63) is 23.8 Å². The van der Waals surface area contributed by atoms with Crippen LogP contribution in [-0.4, -0.2) is 44.3 Å². The van der Waals surface area contributed by atoms with Crippen molar-refractivity contribution in [3.63, 3.8) is 0 Å². The van der Waals surface area contributed by atoms with Gasteiger partial charge in [0, 0.05) is 31.3 Å². The van der Waals surface area contributed by atoms with Crippen LogP contribution in [0.4, 0.5) is 10.5 Å². The summed E-state index contributed by atoms with van der Waals surface area (Å²) in [4.78, 5) is 24.5. The maximum atomic E-state index is 12.0. The number of hydrogen-bond acceptors (Lipinski definition) is 5. The third-order valence-corrected chi connectivity index (χ3v) is 3.66. The highest BCUT2D eigenvalue weighted by atomic mass is 16.6. The van der Waals surface area contributed by atoms with Gasteiger partial charge in [0.15, 0.2) is 0 Å². The fraction of sp³-hybridized carbons (Fsp3) is 0.467. The lowest BCUT2D eigenvalue weighted by Gasteiger charge is -2.15. The monoisotopic (exact) mass is 305 g/mol. The van der Waals surface area contributed by atoms with Gasteiger partial charge in [-0.2, -0.15) is 0 Å². The molecule has 7 nitrogen and oxygen atoms in total. The Morgan fingerprint density at radius 3 is 3.18 bits per heavy atom.